The van der Waals surface area contributed by atoms with Crippen LogP contribution in [-0.4, -0.2) is 302 Å². The third-order valence-corrected chi connectivity index (χ3v) is 16.5. The van der Waals surface area contributed by atoms with Crippen molar-refractivity contribution in [1.29, 1.82) is 0 Å². The molecule has 4 aliphatic rings. The van der Waals surface area contributed by atoms with Gasteiger partial charge in [0, 0.05) is 37.8 Å². The van der Waals surface area contributed by atoms with Crippen LogP contribution in [0, 0.1) is 24.2 Å². The van der Waals surface area contributed by atoms with Crippen molar-refractivity contribution >= 4 is 89.8 Å². The van der Waals surface area contributed by atoms with Gasteiger partial charge in [-0.15, -0.1) is 16.6 Å². The molecule has 0 saturated carbocycles. The van der Waals surface area contributed by atoms with Gasteiger partial charge in [0.25, 0.3) is 0 Å². The van der Waals surface area contributed by atoms with Gasteiger partial charge in [0.05, 0.1) is 118 Å². The molecule has 2 aromatic rings. The van der Waals surface area contributed by atoms with E-state index in [1.54, 1.807) is 83.1 Å². The Balaban J connectivity index is 1.15. The van der Waals surface area contributed by atoms with E-state index in [-0.39, 0.29) is 103 Å². The number of methoxy groups -OCH3 is 2. The van der Waals surface area contributed by atoms with Gasteiger partial charge in [-0.3, -0.25) is 45.0 Å². The highest BCUT2D eigenvalue weighted by molar-refractivity contribution is 6.02. The zero-order valence-corrected chi connectivity index (χ0v) is 71.2. The lowest BCUT2D eigenvalue weighted by atomic mass is 9.82. The summed E-state index contributed by atoms with van der Waals surface area (Å²) >= 11 is 0. The third kappa shape index (κ3) is 36.3. The minimum absolute atomic E-state index is 0.00464. The number of terminal acetylenes is 1. The fourth-order valence-electron chi connectivity index (χ4n) is 11.7. The maximum atomic E-state index is 14.2. The summed E-state index contributed by atoms with van der Waals surface area (Å²) in [5.74, 6) is -6.83. The van der Waals surface area contributed by atoms with Crippen LogP contribution in [0.5, 0.6) is 0 Å². The Bertz CT molecular complexity index is 3810. The predicted molar refractivity (Wildman–Crippen MR) is 416 cm³/mol. The van der Waals surface area contributed by atoms with E-state index in [9.17, 15) is 62.3 Å². The molecule has 122 heavy (non-hydrogen) atoms. The van der Waals surface area contributed by atoms with Gasteiger partial charge in [-0.1, -0.05) is 16.3 Å². The minimum Gasteiger partial charge on any atom is -0.480 e. The number of ether oxygens (including phenoxy) is 18. The number of nitrogens with zero attached hydrogens (tertiary/aromatic N) is 9. The number of Topliss-reactive ketones (excluding diaryl/α,β-unsaturated/α-hetero) is 2. The second kappa shape index (κ2) is 47.5. The molecule has 6 N–H and O–H groups in total. The molecule has 2 fully saturated rings. The number of ketones is 2. The Kier molecular flexibility index (Phi) is 38.6. The SMILES string of the molecule is C#CCOCCOCCOCCOCCC(=O)N(Cc1cn(CCNC(=O)CO[C@@H]([C@@H]2OC(C(=O)OC)=C[C@H](N=C(NC(=O)OC(C)(C)C)NC(=O)OC(C)(C)C)[C@H]2CC(C)=O)[C@H]2COC(=O)O2)nn1)Cc1cn(CCNC(=O)CO[C@@H]([C@@H]2OC(C(=O)OC)=C[C@H](N=C(NC(=O)OC(C)(C)C)NC(=O)OC(C)(C)C)[C@H]2CC(C)=O)[C@H]2COC(=O)O2)nn1. The van der Waals surface area contributed by atoms with Crippen LogP contribution in [0.4, 0.5) is 28.8 Å². The van der Waals surface area contributed by atoms with Gasteiger partial charge in [0.2, 0.25) is 41.2 Å². The fraction of sp³-hybridized carbons (Fsp3) is 0.671. The van der Waals surface area contributed by atoms with Crippen LogP contribution in [0.25, 0.3) is 0 Å². The highest BCUT2D eigenvalue weighted by atomic mass is 16.8. The molecule has 7 amide bonds. The molecule has 46 heteroatoms. The number of aromatic nitrogens is 6. The highest BCUT2D eigenvalue weighted by Crippen LogP contribution is 2.37. The summed E-state index contributed by atoms with van der Waals surface area (Å²) in [6, 6.07) is -2.71. The van der Waals surface area contributed by atoms with E-state index in [2.05, 4.69) is 68.4 Å². The first-order valence-corrected chi connectivity index (χ1v) is 38.8. The van der Waals surface area contributed by atoms with E-state index in [0.29, 0.717) is 19.8 Å². The van der Waals surface area contributed by atoms with E-state index in [1.165, 1.54) is 52.7 Å². The van der Waals surface area contributed by atoms with Crippen LogP contribution in [0.1, 0.15) is 128 Å². The Labute approximate surface area is 703 Å². The van der Waals surface area contributed by atoms with E-state index in [1.807, 2.05) is 0 Å². The van der Waals surface area contributed by atoms with E-state index < -0.39 is 211 Å². The number of cyclic esters (lactones) is 4. The number of hydrogen-bond acceptors (Lipinski definition) is 37. The normalized spacial score (nSPS) is 19.2. The molecule has 6 rings (SSSR count). The number of hydrogen-bond donors (Lipinski definition) is 6. The Hall–Kier alpha value is -11.7. The summed E-state index contributed by atoms with van der Waals surface area (Å²) in [5.41, 5.74) is -3.53. The maximum absolute atomic E-state index is 14.2. The van der Waals surface area contributed by atoms with Crippen molar-refractivity contribution in [1.82, 2.24) is 66.8 Å². The van der Waals surface area contributed by atoms with Crippen LogP contribution >= 0.6 is 0 Å². The topological polar surface area (TPSA) is 550 Å². The number of esters is 2. The second-order valence-electron chi connectivity index (χ2n) is 31.5. The lowest BCUT2D eigenvalue weighted by Gasteiger charge is -2.40. The van der Waals surface area contributed by atoms with Gasteiger partial charge in [-0.05, 0) is 109 Å². The lowest BCUT2D eigenvalue weighted by Crippen LogP contribution is -2.53. The maximum Gasteiger partial charge on any atom is 0.508 e. The van der Waals surface area contributed by atoms with Crippen LogP contribution in [0.2, 0.25) is 0 Å². The van der Waals surface area contributed by atoms with E-state index in [4.69, 9.17) is 91.7 Å². The molecule has 676 valence electrons. The first-order chi connectivity index (χ1) is 57.4. The van der Waals surface area contributed by atoms with Crippen LogP contribution in [0.15, 0.2) is 46.0 Å². The fourth-order valence-corrected chi connectivity index (χ4v) is 11.7. The monoisotopic (exact) mass is 1730 g/mol. The zero-order valence-electron chi connectivity index (χ0n) is 71.2. The number of nitrogens with one attached hydrogen (secondary N) is 6. The Morgan fingerprint density at radius 2 is 0.885 bits per heavy atom. The predicted octanol–water partition coefficient (Wildman–Crippen LogP) is 2.21. The number of alkyl carbamates (subject to hydrolysis) is 4. The van der Waals surface area contributed by atoms with Crippen molar-refractivity contribution < 1.29 is 148 Å². The Morgan fingerprint density at radius 3 is 1.20 bits per heavy atom. The quantitative estimate of drug-likeness (QED) is 0.0139. The third-order valence-electron chi connectivity index (χ3n) is 16.5. The molecule has 0 radical (unpaired) electrons. The lowest BCUT2D eigenvalue weighted by molar-refractivity contribution is -0.158. The molecular formula is C76H111N15O31. The summed E-state index contributed by atoms with van der Waals surface area (Å²) in [6.07, 6.45) is -5.37. The molecular weight excluding hydrogens is 1620 g/mol. The number of guanidine groups is 2. The van der Waals surface area contributed by atoms with Crippen LogP contribution < -0.4 is 31.9 Å². The van der Waals surface area contributed by atoms with Gasteiger partial charge >= 0.3 is 48.6 Å². The molecule has 0 aliphatic carbocycles. The summed E-state index contributed by atoms with van der Waals surface area (Å²) in [7, 11) is 2.12. The standard InChI is InChI=1S/C76H111N15O31/c1-18-24-107-26-28-109-30-31-110-29-27-108-25-19-58(96)89(36-46-38-90(87-85-46)22-20-77-56(94)42-111-61(54-40-113-71(103)117-54)59-48(32-44(2)92)50(34-52(115-59)63(97)105-16)79-65(81-67(99)119-73(4,5)6)82-68(100)120-74(7,8)9)37-47-39-91(88-86-47)23-21-78-57(95)43-112-62(55-41-114-72(104)118-55)60-49(33-45(3)93)51(35-53(116-60)64(98)106-17)80-66(83-69(101)121-75(10,11)12)84-70(102)122-76(13,14)15/h1,34-35,38-39,48-51,54-55,59-62H,19-33,36-37,40-43H2,2-17H3,(H,77,94)(H,78,95)(H2,79,81,82,99,100)(H2,80,83,84,101,102)/t48-,49-,50+,51+,54-,55-,59-,60-,61-,62-/m1/s1. The second-order valence-corrected chi connectivity index (χ2v) is 31.5. The average Bonchev–Trinajstić information content (AvgIpc) is 1.02. The molecule has 0 aromatic carbocycles. The molecule has 10 atom stereocenters. The minimum atomic E-state index is -1.50. The summed E-state index contributed by atoms with van der Waals surface area (Å²) in [4.78, 5) is 183. The number of amides is 7. The number of carbonyl (C=O) groups is 13. The summed E-state index contributed by atoms with van der Waals surface area (Å²) in [5, 5.41) is 31.8. The van der Waals surface area contributed by atoms with Crippen LogP contribution in [0.3, 0.4) is 0 Å². The number of carbonyl (C=O) groups excluding carboxylic acids is 13. The largest absolute Gasteiger partial charge is 0.508 e. The molecule has 4 aliphatic heterocycles. The van der Waals surface area contributed by atoms with Gasteiger partial charge in [0.1, 0.15) is 103 Å². The molecule has 0 bridgehead atoms. The molecule has 2 aromatic heterocycles. The van der Waals surface area contributed by atoms with E-state index in [0.717, 1.165) is 14.2 Å². The smallest absolute Gasteiger partial charge is 0.480 e. The number of aliphatic imine (C=N–C) groups is 2. The van der Waals surface area contributed by atoms with Crippen molar-refractivity contribution in [2.75, 3.05) is 107 Å². The summed E-state index contributed by atoms with van der Waals surface area (Å²) in [6.45, 7) is 20.4. The average molecular weight is 1730 g/mol. The van der Waals surface area contributed by atoms with Gasteiger partial charge in [0.15, 0.2) is 12.2 Å². The van der Waals surface area contributed by atoms with Crippen molar-refractivity contribution in [3.05, 3.63) is 47.5 Å². The van der Waals surface area contributed by atoms with Crippen molar-refractivity contribution in [3.63, 3.8) is 0 Å². The van der Waals surface area contributed by atoms with Crippen molar-refractivity contribution in [3.8, 4) is 12.3 Å². The molecule has 46 nitrogen and oxygen atoms in total. The number of rotatable bonds is 41. The van der Waals surface area contributed by atoms with Gasteiger partial charge < -0.3 is 110 Å². The van der Waals surface area contributed by atoms with Gasteiger partial charge in [-0.2, -0.15) is 0 Å². The zero-order chi connectivity index (χ0) is 90.1. The van der Waals surface area contributed by atoms with Crippen molar-refractivity contribution in [2.24, 2.45) is 21.8 Å². The molecule has 6 heterocycles. The Morgan fingerprint density at radius 1 is 0.533 bits per heavy atom. The van der Waals surface area contributed by atoms with Gasteiger partial charge in [-0.25, -0.2) is 48.3 Å². The first-order valence-electron chi connectivity index (χ1n) is 38.8. The molecule has 0 spiro atoms. The van der Waals surface area contributed by atoms with Crippen molar-refractivity contribution in [2.45, 2.75) is 213 Å². The summed E-state index contributed by atoms with van der Waals surface area (Å²) < 4.78 is 102. The molecule has 2 saturated heterocycles. The molecule has 0 unspecified atom stereocenters. The highest BCUT2D eigenvalue weighted by Gasteiger charge is 2.51. The van der Waals surface area contributed by atoms with Crippen LogP contribution in [-0.2, 0) is 145 Å². The first kappa shape index (κ1) is 99.1. The van der Waals surface area contributed by atoms with E-state index >= 15 is 0 Å².